The number of fused-ring (bicyclic) bond motifs is 5. The molecule has 0 radical (unpaired) electrons. The smallest absolute Gasteiger partial charge is 0.321 e. The fourth-order valence-corrected chi connectivity index (χ4v) is 6.30. The van der Waals surface area contributed by atoms with Crippen LogP contribution in [0.15, 0.2) is 77.8 Å². The van der Waals surface area contributed by atoms with Crippen LogP contribution < -0.4 is 15.5 Å². The SMILES string of the molecule is Cc1cccc(NC(=O)N[C@H]2N=C(c3ccccc3F)c3ccccc3N(CC(=O)N3CC4CCC(CC4)C3)C2=O)c1. The molecule has 0 aromatic heterocycles. The predicted octanol–water partition coefficient (Wildman–Crippen LogP) is 5.11. The Morgan fingerprint density at radius 3 is 2.26 bits per heavy atom. The zero-order valence-electron chi connectivity index (χ0n) is 23.6. The van der Waals surface area contributed by atoms with Crippen LogP contribution in [0.4, 0.5) is 20.6 Å². The van der Waals surface area contributed by atoms with Crippen LogP contribution in [-0.2, 0) is 9.59 Å². The molecule has 4 amide bonds. The molecule has 3 fully saturated rings. The Morgan fingerprint density at radius 1 is 0.905 bits per heavy atom. The van der Waals surface area contributed by atoms with Gasteiger partial charge in [0.1, 0.15) is 12.4 Å². The second-order valence-electron chi connectivity index (χ2n) is 11.5. The number of nitrogens with zero attached hydrogens (tertiary/aromatic N) is 3. The second kappa shape index (κ2) is 11.8. The largest absolute Gasteiger partial charge is 0.341 e. The van der Waals surface area contributed by atoms with Gasteiger partial charge in [-0.1, -0.05) is 42.5 Å². The monoisotopic (exact) mass is 567 g/mol. The highest BCUT2D eigenvalue weighted by atomic mass is 19.1. The summed E-state index contributed by atoms with van der Waals surface area (Å²) in [6, 6.07) is 19.9. The van der Waals surface area contributed by atoms with E-state index in [4.69, 9.17) is 0 Å². The van der Waals surface area contributed by atoms with E-state index in [0.29, 0.717) is 41.9 Å². The maximum Gasteiger partial charge on any atom is 0.321 e. The molecular weight excluding hydrogens is 533 g/mol. The van der Waals surface area contributed by atoms with Crippen molar-refractivity contribution < 1.29 is 18.8 Å². The van der Waals surface area contributed by atoms with Gasteiger partial charge in [0.2, 0.25) is 12.1 Å². The molecule has 1 atom stereocenters. The number of benzodiazepines with no additional fused rings is 1. The number of rotatable bonds is 5. The minimum atomic E-state index is -1.40. The molecule has 3 heterocycles. The topological polar surface area (TPSA) is 94.1 Å². The Kier molecular flexibility index (Phi) is 7.73. The fraction of sp³-hybridized carbons (Fsp3) is 0.333. The van der Waals surface area contributed by atoms with Crippen molar-refractivity contribution in [3.8, 4) is 0 Å². The van der Waals surface area contributed by atoms with E-state index in [-0.39, 0.29) is 23.7 Å². The third-order valence-electron chi connectivity index (χ3n) is 8.45. The Balaban J connectivity index is 1.35. The molecule has 1 saturated carbocycles. The molecule has 42 heavy (non-hydrogen) atoms. The van der Waals surface area contributed by atoms with Gasteiger partial charge in [-0.2, -0.15) is 0 Å². The standard InChI is InChI=1S/C33H34FN5O3/c1-21-7-6-8-24(17-21)35-33(42)37-31-32(41)39(20-29(40)38-18-22-13-14-23(19-38)16-15-22)28-12-5-3-10-26(28)30(36-31)25-9-2-4-11-27(25)34/h2-12,17,22-23,31H,13-16,18-20H2,1H3,(H2,35,37,42)/t22?,23?,31-/m1/s1. The number of amides is 4. The lowest BCUT2D eigenvalue weighted by Crippen LogP contribution is -2.51. The van der Waals surface area contributed by atoms with Crippen molar-refractivity contribution in [2.45, 2.75) is 38.8 Å². The number of hydrogen-bond donors (Lipinski definition) is 2. The zero-order chi connectivity index (χ0) is 29.2. The molecule has 0 unspecified atom stereocenters. The van der Waals surface area contributed by atoms with Crippen molar-refractivity contribution in [1.82, 2.24) is 10.2 Å². The van der Waals surface area contributed by atoms with Crippen LogP contribution >= 0.6 is 0 Å². The van der Waals surface area contributed by atoms with Gasteiger partial charge in [-0.25, -0.2) is 14.2 Å². The number of aryl methyl sites for hydroxylation is 1. The lowest BCUT2D eigenvalue weighted by atomic mass is 9.84. The fourth-order valence-electron chi connectivity index (χ4n) is 6.30. The molecular formula is C33H34FN5O3. The lowest BCUT2D eigenvalue weighted by molar-refractivity contribution is -0.132. The minimum Gasteiger partial charge on any atom is -0.341 e. The number of carbonyl (C=O) groups excluding carboxylic acids is 3. The van der Waals surface area contributed by atoms with Gasteiger partial charge in [0, 0.05) is 29.9 Å². The maximum atomic E-state index is 15.1. The first-order chi connectivity index (χ1) is 20.4. The average Bonchev–Trinajstić information content (AvgIpc) is 3.37. The molecule has 2 N–H and O–H groups in total. The van der Waals surface area contributed by atoms with Crippen LogP contribution in [0.3, 0.4) is 0 Å². The summed E-state index contributed by atoms with van der Waals surface area (Å²) < 4.78 is 15.1. The summed E-state index contributed by atoms with van der Waals surface area (Å²) in [6.45, 7) is 3.09. The van der Waals surface area contributed by atoms with E-state index in [1.807, 2.05) is 24.0 Å². The van der Waals surface area contributed by atoms with E-state index < -0.39 is 23.9 Å². The molecule has 216 valence electrons. The van der Waals surface area contributed by atoms with Gasteiger partial charge in [0.15, 0.2) is 0 Å². The van der Waals surface area contributed by atoms with E-state index in [0.717, 1.165) is 31.2 Å². The lowest BCUT2D eigenvalue weighted by Gasteiger charge is -2.29. The first-order valence-corrected chi connectivity index (χ1v) is 14.5. The van der Waals surface area contributed by atoms with Crippen molar-refractivity contribution in [3.63, 3.8) is 0 Å². The molecule has 0 spiro atoms. The van der Waals surface area contributed by atoms with Crippen LogP contribution in [0.1, 0.15) is 42.4 Å². The van der Waals surface area contributed by atoms with Gasteiger partial charge < -0.3 is 15.5 Å². The molecule has 7 rings (SSSR count). The zero-order valence-corrected chi connectivity index (χ0v) is 23.6. The maximum absolute atomic E-state index is 15.1. The van der Waals surface area contributed by atoms with E-state index in [9.17, 15) is 14.4 Å². The molecule has 3 aliphatic heterocycles. The summed E-state index contributed by atoms with van der Waals surface area (Å²) in [5, 5.41) is 5.42. The summed E-state index contributed by atoms with van der Waals surface area (Å²) in [5.74, 6) is -0.259. The van der Waals surface area contributed by atoms with Gasteiger partial charge in [-0.15, -0.1) is 0 Å². The Labute approximate surface area is 244 Å². The number of carbonyl (C=O) groups is 3. The first-order valence-electron chi connectivity index (χ1n) is 14.5. The van der Waals surface area contributed by atoms with Crippen molar-refractivity contribution in [1.29, 1.82) is 0 Å². The first kappa shape index (κ1) is 27.6. The van der Waals surface area contributed by atoms with Crippen molar-refractivity contribution in [2.24, 2.45) is 16.8 Å². The highest BCUT2D eigenvalue weighted by Gasteiger charge is 2.37. The van der Waals surface area contributed by atoms with E-state index in [1.165, 1.54) is 11.0 Å². The summed E-state index contributed by atoms with van der Waals surface area (Å²) in [7, 11) is 0. The molecule has 4 aliphatic rings. The minimum absolute atomic E-state index is 0.144. The highest BCUT2D eigenvalue weighted by Crippen LogP contribution is 2.34. The number of benzene rings is 3. The normalized spacial score (nSPS) is 21.6. The summed E-state index contributed by atoms with van der Waals surface area (Å²) in [5.41, 5.74) is 2.88. The number of halogens is 1. The van der Waals surface area contributed by atoms with Crippen LogP contribution in [-0.4, -0.2) is 54.3 Å². The van der Waals surface area contributed by atoms with Crippen LogP contribution in [0.2, 0.25) is 0 Å². The number of para-hydroxylation sites is 1. The van der Waals surface area contributed by atoms with Crippen molar-refractivity contribution >= 4 is 34.9 Å². The molecule has 2 bridgehead atoms. The molecule has 8 nitrogen and oxygen atoms in total. The van der Waals surface area contributed by atoms with E-state index in [2.05, 4.69) is 15.6 Å². The van der Waals surface area contributed by atoms with E-state index >= 15 is 4.39 Å². The highest BCUT2D eigenvalue weighted by molar-refractivity contribution is 6.21. The van der Waals surface area contributed by atoms with E-state index in [1.54, 1.807) is 54.6 Å². The number of anilines is 2. The molecule has 3 aromatic carbocycles. The molecule has 1 aliphatic carbocycles. The predicted molar refractivity (Wildman–Crippen MR) is 160 cm³/mol. The van der Waals surface area contributed by atoms with Gasteiger partial charge in [0.05, 0.1) is 11.4 Å². The van der Waals surface area contributed by atoms with Gasteiger partial charge >= 0.3 is 6.03 Å². The molecule has 3 aromatic rings. The number of nitrogens with one attached hydrogen (secondary N) is 2. The second-order valence-corrected chi connectivity index (χ2v) is 11.5. The summed E-state index contributed by atoms with van der Waals surface area (Å²) in [6.07, 6.45) is 3.11. The third kappa shape index (κ3) is 5.77. The average molecular weight is 568 g/mol. The van der Waals surface area contributed by atoms with Crippen LogP contribution in [0, 0.1) is 24.6 Å². The Hall–Kier alpha value is -4.53. The van der Waals surface area contributed by atoms with Gasteiger partial charge in [0.25, 0.3) is 5.91 Å². The Bertz CT molecular complexity index is 1530. The summed E-state index contributed by atoms with van der Waals surface area (Å²) >= 11 is 0. The third-order valence-corrected chi connectivity index (χ3v) is 8.45. The quantitative estimate of drug-likeness (QED) is 0.449. The van der Waals surface area contributed by atoms with Crippen LogP contribution in [0.5, 0.6) is 0 Å². The number of hydrogen-bond acceptors (Lipinski definition) is 4. The van der Waals surface area contributed by atoms with Crippen molar-refractivity contribution in [3.05, 3.63) is 95.3 Å². The number of aliphatic imine (C=N–C) groups is 1. The van der Waals surface area contributed by atoms with Crippen LogP contribution in [0.25, 0.3) is 0 Å². The Morgan fingerprint density at radius 2 is 1.57 bits per heavy atom. The number of urea groups is 1. The van der Waals surface area contributed by atoms with Gasteiger partial charge in [-0.3, -0.25) is 14.5 Å². The van der Waals surface area contributed by atoms with Gasteiger partial charge in [-0.05, 0) is 80.3 Å². The summed E-state index contributed by atoms with van der Waals surface area (Å²) in [4.78, 5) is 48.9. The van der Waals surface area contributed by atoms with Crippen molar-refractivity contribution in [2.75, 3.05) is 29.9 Å². The molecule has 9 heteroatoms. The molecule has 2 saturated heterocycles.